The van der Waals surface area contributed by atoms with Gasteiger partial charge in [0.2, 0.25) is 0 Å². The first-order valence-corrected chi connectivity index (χ1v) is 7.29. The molecule has 1 aromatic carbocycles. The molecule has 6 heteroatoms. The molecule has 0 atom stereocenters. The number of rotatable bonds is 3. The zero-order valence-corrected chi connectivity index (χ0v) is 12.3. The molecule has 0 aliphatic rings. The van der Waals surface area contributed by atoms with Crippen molar-refractivity contribution in [1.82, 2.24) is 9.38 Å². The molecule has 4 nitrogen and oxygen atoms in total. The molecule has 0 amide bonds. The molecule has 0 unspecified atom stereocenters. The summed E-state index contributed by atoms with van der Waals surface area (Å²) < 4.78 is 2.06. The van der Waals surface area contributed by atoms with Crippen molar-refractivity contribution in [1.29, 1.82) is 5.26 Å². The van der Waals surface area contributed by atoms with Gasteiger partial charge in [-0.2, -0.15) is 5.26 Å². The van der Waals surface area contributed by atoms with Gasteiger partial charge in [-0.15, -0.1) is 11.3 Å². The smallest absolute Gasteiger partial charge is 0.194 e. The minimum absolute atomic E-state index is 0.586. The van der Waals surface area contributed by atoms with Gasteiger partial charge in [-0.3, -0.25) is 4.40 Å². The number of aryl methyl sites for hydroxylation is 1. The number of nitriles is 1. The molecule has 0 aliphatic heterocycles. The van der Waals surface area contributed by atoms with Crippen LogP contribution in [0.5, 0.6) is 0 Å². The number of hydrogen-bond donors (Lipinski definition) is 1. The molecular formula is C14H11ClN4S. The van der Waals surface area contributed by atoms with Crippen molar-refractivity contribution in [3.05, 3.63) is 51.7 Å². The lowest BCUT2D eigenvalue weighted by atomic mass is 10.2. The number of aromatic nitrogens is 2. The van der Waals surface area contributed by atoms with Gasteiger partial charge < -0.3 is 5.32 Å². The summed E-state index contributed by atoms with van der Waals surface area (Å²) in [6.07, 6.45) is 2.00. The van der Waals surface area contributed by atoms with Gasteiger partial charge in [-0.1, -0.05) is 11.6 Å². The predicted octanol–water partition coefficient (Wildman–Crippen LogP) is 3.84. The number of benzene rings is 1. The fourth-order valence-electron chi connectivity index (χ4n) is 2.06. The van der Waals surface area contributed by atoms with E-state index in [0.717, 1.165) is 22.0 Å². The largest absolute Gasteiger partial charge is 0.378 e. The zero-order valence-electron chi connectivity index (χ0n) is 10.7. The average molecular weight is 303 g/mol. The van der Waals surface area contributed by atoms with Crippen LogP contribution in [-0.2, 0) is 6.54 Å². The standard InChI is InChI=1S/C14H11ClN4S/c1-9-13(19-4-5-20-14(19)18-9)8-17-12-6-10(7-16)2-3-11(12)15/h2-6,17H,8H2,1H3. The lowest BCUT2D eigenvalue weighted by Crippen LogP contribution is -2.04. The Bertz CT molecular complexity index is 812. The first-order chi connectivity index (χ1) is 9.69. The fourth-order valence-corrected chi connectivity index (χ4v) is 3.03. The Morgan fingerprint density at radius 2 is 2.35 bits per heavy atom. The van der Waals surface area contributed by atoms with E-state index < -0.39 is 0 Å². The maximum atomic E-state index is 8.93. The van der Waals surface area contributed by atoms with Crippen LogP contribution in [0.25, 0.3) is 4.96 Å². The normalized spacial score (nSPS) is 10.7. The second kappa shape index (κ2) is 5.16. The van der Waals surface area contributed by atoms with Gasteiger partial charge in [-0.05, 0) is 25.1 Å². The number of anilines is 1. The summed E-state index contributed by atoms with van der Waals surface area (Å²) in [5.74, 6) is 0. The maximum Gasteiger partial charge on any atom is 0.194 e. The van der Waals surface area contributed by atoms with Crippen LogP contribution in [0.15, 0.2) is 29.8 Å². The highest BCUT2D eigenvalue weighted by molar-refractivity contribution is 7.15. The van der Waals surface area contributed by atoms with Crippen LogP contribution in [-0.4, -0.2) is 9.38 Å². The Kier molecular flexibility index (Phi) is 3.35. The molecule has 0 spiro atoms. The van der Waals surface area contributed by atoms with Gasteiger partial charge in [-0.25, -0.2) is 4.98 Å². The highest BCUT2D eigenvalue weighted by Crippen LogP contribution is 2.24. The topological polar surface area (TPSA) is 53.1 Å². The predicted molar refractivity (Wildman–Crippen MR) is 81.3 cm³/mol. The van der Waals surface area contributed by atoms with Gasteiger partial charge in [0.15, 0.2) is 4.96 Å². The molecule has 0 radical (unpaired) electrons. The molecule has 20 heavy (non-hydrogen) atoms. The molecule has 2 heterocycles. The van der Waals surface area contributed by atoms with Crippen molar-refractivity contribution >= 4 is 33.6 Å². The van der Waals surface area contributed by atoms with Crippen molar-refractivity contribution in [3.63, 3.8) is 0 Å². The van der Waals surface area contributed by atoms with Crippen LogP contribution in [0.3, 0.4) is 0 Å². The van der Waals surface area contributed by atoms with Crippen LogP contribution in [0.2, 0.25) is 5.02 Å². The molecule has 0 saturated carbocycles. The van der Waals surface area contributed by atoms with E-state index in [1.54, 1.807) is 29.5 Å². The lowest BCUT2D eigenvalue weighted by Gasteiger charge is -2.09. The summed E-state index contributed by atoms with van der Waals surface area (Å²) >= 11 is 7.75. The number of halogens is 1. The fraction of sp³-hybridized carbons (Fsp3) is 0.143. The van der Waals surface area contributed by atoms with Crippen molar-refractivity contribution < 1.29 is 0 Å². The van der Waals surface area contributed by atoms with Gasteiger partial charge in [0.05, 0.1) is 40.3 Å². The minimum Gasteiger partial charge on any atom is -0.378 e. The molecule has 100 valence electrons. The van der Waals surface area contributed by atoms with E-state index in [1.807, 2.05) is 18.5 Å². The monoisotopic (exact) mass is 302 g/mol. The number of fused-ring (bicyclic) bond motifs is 1. The van der Waals surface area contributed by atoms with Crippen LogP contribution >= 0.6 is 22.9 Å². The second-order valence-electron chi connectivity index (χ2n) is 4.36. The molecule has 0 aliphatic carbocycles. The number of hydrogen-bond acceptors (Lipinski definition) is 4. The van der Waals surface area contributed by atoms with Gasteiger partial charge in [0.1, 0.15) is 0 Å². The van der Waals surface area contributed by atoms with Crippen LogP contribution in [0, 0.1) is 18.3 Å². The summed E-state index contributed by atoms with van der Waals surface area (Å²) in [6.45, 7) is 2.60. The lowest BCUT2D eigenvalue weighted by molar-refractivity contribution is 0.994. The molecule has 3 rings (SSSR count). The highest BCUT2D eigenvalue weighted by atomic mass is 35.5. The van der Waals surface area contributed by atoms with Crippen LogP contribution in [0.1, 0.15) is 17.0 Å². The summed E-state index contributed by atoms with van der Waals surface area (Å²) in [4.78, 5) is 5.48. The number of nitrogens with one attached hydrogen (secondary N) is 1. The van der Waals surface area contributed by atoms with Crippen molar-refractivity contribution in [2.45, 2.75) is 13.5 Å². The van der Waals surface area contributed by atoms with Crippen LogP contribution < -0.4 is 5.32 Å². The van der Waals surface area contributed by atoms with Crippen molar-refractivity contribution in [2.24, 2.45) is 0 Å². The Morgan fingerprint density at radius 1 is 1.50 bits per heavy atom. The first-order valence-electron chi connectivity index (χ1n) is 6.03. The molecule has 0 saturated heterocycles. The zero-order chi connectivity index (χ0) is 14.1. The Balaban J connectivity index is 1.88. The van der Waals surface area contributed by atoms with E-state index in [4.69, 9.17) is 16.9 Å². The van der Waals surface area contributed by atoms with Gasteiger partial charge >= 0.3 is 0 Å². The molecular weight excluding hydrogens is 292 g/mol. The third-order valence-electron chi connectivity index (χ3n) is 3.10. The quantitative estimate of drug-likeness (QED) is 0.799. The summed E-state index contributed by atoms with van der Waals surface area (Å²) in [5, 5.41) is 14.8. The Labute approximate surface area is 125 Å². The average Bonchev–Trinajstić information content (AvgIpc) is 2.99. The van der Waals surface area contributed by atoms with E-state index in [9.17, 15) is 0 Å². The highest BCUT2D eigenvalue weighted by Gasteiger charge is 2.10. The third kappa shape index (κ3) is 2.24. The van der Waals surface area contributed by atoms with E-state index in [2.05, 4.69) is 20.8 Å². The van der Waals surface area contributed by atoms with Gasteiger partial charge in [0, 0.05) is 11.6 Å². The summed E-state index contributed by atoms with van der Waals surface area (Å²) in [6, 6.07) is 7.29. The number of imidazole rings is 1. The van der Waals surface area contributed by atoms with Crippen molar-refractivity contribution in [2.75, 3.05) is 5.32 Å². The SMILES string of the molecule is Cc1nc2sccn2c1CNc1cc(C#N)ccc1Cl. The Morgan fingerprint density at radius 3 is 3.15 bits per heavy atom. The molecule has 0 fully saturated rings. The van der Waals surface area contributed by atoms with E-state index in [0.29, 0.717) is 17.1 Å². The number of thiazole rings is 1. The first kappa shape index (κ1) is 13.0. The maximum absolute atomic E-state index is 8.93. The summed E-state index contributed by atoms with van der Waals surface area (Å²) in [7, 11) is 0. The van der Waals surface area contributed by atoms with Crippen LogP contribution in [0.4, 0.5) is 5.69 Å². The summed E-state index contributed by atoms with van der Waals surface area (Å²) in [5.41, 5.74) is 3.44. The van der Waals surface area contributed by atoms with Crippen molar-refractivity contribution in [3.8, 4) is 6.07 Å². The molecule has 3 aromatic rings. The van der Waals surface area contributed by atoms with Gasteiger partial charge in [0.25, 0.3) is 0 Å². The van der Waals surface area contributed by atoms with E-state index in [1.165, 1.54) is 0 Å². The minimum atomic E-state index is 0.586. The third-order valence-corrected chi connectivity index (χ3v) is 4.19. The molecule has 0 bridgehead atoms. The molecule has 1 N–H and O–H groups in total. The second-order valence-corrected chi connectivity index (χ2v) is 5.64. The molecule has 2 aromatic heterocycles. The Hall–Kier alpha value is -2.03. The number of nitrogens with zero attached hydrogens (tertiary/aromatic N) is 3. The van der Waals surface area contributed by atoms with E-state index in [-0.39, 0.29) is 0 Å². The van der Waals surface area contributed by atoms with E-state index >= 15 is 0 Å².